The lowest BCUT2D eigenvalue weighted by molar-refractivity contribution is 0.134. The summed E-state index contributed by atoms with van der Waals surface area (Å²) in [6, 6.07) is 9.14. The molecule has 1 saturated heterocycles. The van der Waals surface area contributed by atoms with E-state index in [1.54, 1.807) is 0 Å². The predicted molar refractivity (Wildman–Crippen MR) is 89.8 cm³/mol. The zero-order valence-corrected chi connectivity index (χ0v) is 13.6. The highest BCUT2D eigenvalue weighted by molar-refractivity contribution is 5.51. The van der Waals surface area contributed by atoms with Crippen LogP contribution in [0, 0.1) is 0 Å². The van der Waals surface area contributed by atoms with Crippen LogP contribution >= 0.6 is 0 Å². The van der Waals surface area contributed by atoms with Crippen molar-refractivity contribution in [1.29, 1.82) is 0 Å². The Bertz CT molecular complexity index is 408. The van der Waals surface area contributed by atoms with Gasteiger partial charge in [-0.2, -0.15) is 0 Å². The number of hydrogen-bond donors (Lipinski definition) is 1. The summed E-state index contributed by atoms with van der Waals surface area (Å²) in [5, 5.41) is 3.75. The van der Waals surface area contributed by atoms with Crippen molar-refractivity contribution < 1.29 is 4.74 Å². The number of para-hydroxylation sites is 1. The quantitative estimate of drug-likeness (QED) is 0.824. The largest absolute Gasteiger partial charge is 0.382 e. The Morgan fingerprint density at radius 1 is 1.19 bits per heavy atom. The van der Waals surface area contributed by atoms with Crippen LogP contribution in [0.4, 0.5) is 5.69 Å². The van der Waals surface area contributed by atoms with Gasteiger partial charge in [0, 0.05) is 30.4 Å². The number of benzene rings is 1. The van der Waals surface area contributed by atoms with Gasteiger partial charge in [0.05, 0.1) is 6.61 Å². The molecule has 1 fully saturated rings. The van der Waals surface area contributed by atoms with E-state index in [9.17, 15) is 0 Å². The lowest BCUT2D eigenvalue weighted by atomic mass is 10.1. The summed E-state index contributed by atoms with van der Waals surface area (Å²) in [5.74, 6) is 0. The van der Waals surface area contributed by atoms with Gasteiger partial charge < -0.3 is 15.0 Å². The average molecular weight is 290 g/mol. The highest BCUT2D eigenvalue weighted by Crippen LogP contribution is 2.21. The molecular formula is C18H30N2O. The van der Waals surface area contributed by atoms with Crippen LogP contribution in [0.5, 0.6) is 0 Å². The molecule has 0 aromatic heterocycles. The first-order valence-corrected chi connectivity index (χ1v) is 8.48. The van der Waals surface area contributed by atoms with Gasteiger partial charge in [-0.25, -0.2) is 0 Å². The summed E-state index contributed by atoms with van der Waals surface area (Å²) in [7, 11) is 0. The zero-order valence-electron chi connectivity index (χ0n) is 13.6. The molecule has 118 valence electrons. The van der Waals surface area contributed by atoms with Crippen molar-refractivity contribution in [1.82, 2.24) is 4.90 Å². The topological polar surface area (TPSA) is 24.5 Å². The zero-order chi connectivity index (χ0) is 14.9. The van der Waals surface area contributed by atoms with E-state index >= 15 is 0 Å². The maximum absolute atomic E-state index is 5.57. The Morgan fingerprint density at radius 2 is 2.05 bits per heavy atom. The number of ether oxygens (including phenoxy) is 1. The molecule has 0 saturated carbocycles. The van der Waals surface area contributed by atoms with Crippen molar-refractivity contribution in [2.45, 2.75) is 52.2 Å². The summed E-state index contributed by atoms with van der Waals surface area (Å²) in [6.45, 7) is 9.51. The van der Waals surface area contributed by atoms with Crippen molar-refractivity contribution in [3.63, 3.8) is 0 Å². The molecule has 1 unspecified atom stereocenters. The number of anilines is 1. The monoisotopic (exact) mass is 290 g/mol. The van der Waals surface area contributed by atoms with Gasteiger partial charge in [-0.15, -0.1) is 0 Å². The highest BCUT2D eigenvalue weighted by Gasteiger charge is 2.17. The molecule has 0 radical (unpaired) electrons. The lowest BCUT2D eigenvalue weighted by Crippen LogP contribution is -2.27. The maximum Gasteiger partial charge on any atom is 0.0736 e. The van der Waals surface area contributed by atoms with Crippen molar-refractivity contribution in [2.75, 3.05) is 31.6 Å². The first-order chi connectivity index (χ1) is 10.3. The minimum absolute atomic E-state index is 0.592. The number of likely N-dealkylation sites (tertiary alicyclic amines) is 1. The molecule has 1 atom stereocenters. The van der Waals surface area contributed by atoms with Crippen LogP contribution in [-0.2, 0) is 11.3 Å². The summed E-state index contributed by atoms with van der Waals surface area (Å²) in [6.07, 6.45) is 5.06. The maximum atomic E-state index is 5.57. The second-order valence-electron chi connectivity index (χ2n) is 5.91. The van der Waals surface area contributed by atoms with Crippen LogP contribution in [0.2, 0.25) is 0 Å². The van der Waals surface area contributed by atoms with E-state index in [1.165, 1.54) is 56.6 Å². The smallest absolute Gasteiger partial charge is 0.0736 e. The van der Waals surface area contributed by atoms with Crippen LogP contribution in [0.15, 0.2) is 24.3 Å². The second kappa shape index (κ2) is 9.06. The Labute approximate surface area is 129 Å². The van der Waals surface area contributed by atoms with Crippen molar-refractivity contribution in [3.05, 3.63) is 29.8 Å². The molecule has 3 heteroatoms. The van der Waals surface area contributed by atoms with Gasteiger partial charge in [0.15, 0.2) is 0 Å². The molecule has 1 aromatic carbocycles. The van der Waals surface area contributed by atoms with Crippen LogP contribution < -0.4 is 5.32 Å². The minimum atomic E-state index is 0.592. The standard InChI is InChI=1S/C18H30N2O/c1-3-12-20-13-7-9-17(11-14-20)19-18-10-6-5-8-16(18)15-21-4-2/h5-6,8,10,17,19H,3-4,7,9,11-15H2,1-2H3. The van der Waals surface area contributed by atoms with Gasteiger partial charge in [0.1, 0.15) is 0 Å². The summed E-state index contributed by atoms with van der Waals surface area (Å²) in [4.78, 5) is 2.60. The number of nitrogens with one attached hydrogen (secondary N) is 1. The van der Waals surface area contributed by atoms with E-state index < -0.39 is 0 Å². The van der Waals surface area contributed by atoms with Crippen LogP contribution in [0.3, 0.4) is 0 Å². The van der Waals surface area contributed by atoms with E-state index in [2.05, 4.69) is 41.4 Å². The average Bonchev–Trinajstić information content (AvgIpc) is 2.72. The molecule has 0 bridgehead atoms. The molecule has 1 aromatic rings. The predicted octanol–water partition coefficient (Wildman–Crippen LogP) is 3.90. The minimum Gasteiger partial charge on any atom is -0.382 e. The third-order valence-corrected chi connectivity index (χ3v) is 4.20. The summed E-state index contributed by atoms with van der Waals surface area (Å²) >= 11 is 0. The van der Waals surface area contributed by atoms with Crippen LogP contribution in [-0.4, -0.2) is 37.2 Å². The fourth-order valence-corrected chi connectivity index (χ4v) is 3.06. The van der Waals surface area contributed by atoms with Crippen molar-refractivity contribution >= 4 is 5.69 Å². The van der Waals surface area contributed by atoms with Crippen LogP contribution in [0.1, 0.15) is 45.1 Å². The molecule has 1 heterocycles. The molecule has 2 rings (SSSR count). The first kappa shape index (κ1) is 16.3. The van der Waals surface area contributed by atoms with E-state index in [0.29, 0.717) is 12.6 Å². The van der Waals surface area contributed by atoms with Gasteiger partial charge in [-0.05, 0) is 51.8 Å². The number of nitrogens with zero attached hydrogens (tertiary/aromatic N) is 1. The number of hydrogen-bond acceptors (Lipinski definition) is 3. The molecule has 21 heavy (non-hydrogen) atoms. The molecule has 3 nitrogen and oxygen atoms in total. The van der Waals surface area contributed by atoms with Gasteiger partial charge in [-0.3, -0.25) is 0 Å². The van der Waals surface area contributed by atoms with E-state index in [0.717, 1.165) is 6.61 Å². The normalized spacial score (nSPS) is 20.2. The van der Waals surface area contributed by atoms with E-state index in [4.69, 9.17) is 4.74 Å². The number of rotatable bonds is 7. The van der Waals surface area contributed by atoms with Crippen LogP contribution in [0.25, 0.3) is 0 Å². The Morgan fingerprint density at radius 3 is 2.86 bits per heavy atom. The molecule has 1 aliphatic heterocycles. The Kier molecular flexibility index (Phi) is 7.04. The molecule has 0 spiro atoms. The first-order valence-electron chi connectivity index (χ1n) is 8.48. The SMILES string of the molecule is CCCN1CCCC(Nc2ccccc2COCC)CC1. The molecular weight excluding hydrogens is 260 g/mol. The van der Waals surface area contributed by atoms with Gasteiger partial charge in [0.25, 0.3) is 0 Å². The fourth-order valence-electron chi connectivity index (χ4n) is 3.06. The van der Waals surface area contributed by atoms with Crippen molar-refractivity contribution in [2.24, 2.45) is 0 Å². The lowest BCUT2D eigenvalue weighted by Gasteiger charge is -2.21. The van der Waals surface area contributed by atoms with Crippen molar-refractivity contribution in [3.8, 4) is 0 Å². The van der Waals surface area contributed by atoms with E-state index in [1.807, 2.05) is 6.92 Å². The second-order valence-corrected chi connectivity index (χ2v) is 5.91. The molecule has 0 amide bonds. The summed E-state index contributed by atoms with van der Waals surface area (Å²) < 4.78 is 5.57. The third-order valence-electron chi connectivity index (χ3n) is 4.20. The molecule has 0 aliphatic carbocycles. The van der Waals surface area contributed by atoms with Gasteiger partial charge in [0.2, 0.25) is 0 Å². The van der Waals surface area contributed by atoms with Gasteiger partial charge >= 0.3 is 0 Å². The molecule has 1 aliphatic rings. The molecule has 1 N–H and O–H groups in total. The van der Waals surface area contributed by atoms with E-state index in [-0.39, 0.29) is 0 Å². The Hall–Kier alpha value is -1.06. The Balaban J connectivity index is 1.92. The fraction of sp³-hybridized carbons (Fsp3) is 0.667. The third kappa shape index (κ3) is 5.33. The van der Waals surface area contributed by atoms with Gasteiger partial charge in [-0.1, -0.05) is 25.1 Å². The highest BCUT2D eigenvalue weighted by atomic mass is 16.5. The summed E-state index contributed by atoms with van der Waals surface area (Å²) in [5.41, 5.74) is 2.52.